The number of nitrogens with zero attached hydrogens (tertiary/aromatic N) is 4. The first-order valence-corrected chi connectivity index (χ1v) is 11.6. The first-order valence-electron chi connectivity index (χ1n) is 11.6. The van der Waals surface area contributed by atoms with Crippen LogP contribution in [-0.4, -0.2) is 44.6 Å². The molecule has 186 valence electrons. The zero-order valence-corrected chi connectivity index (χ0v) is 20.0. The zero-order chi connectivity index (χ0) is 26.2. The van der Waals surface area contributed by atoms with Gasteiger partial charge in [-0.25, -0.2) is 10.9 Å². The molecule has 3 aromatic carbocycles. The molecular weight excluding hydrogens is 480 g/mol. The maximum atomic E-state index is 12.4. The van der Waals surface area contributed by atoms with Crippen molar-refractivity contribution in [3.05, 3.63) is 120 Å². The van der Waals surface area contributed by atoms with Crippen LogP contribution in [0.15, 0.2) is 107 Å². The van der Waals surface area contributed by atoms with Gasteiger partial charge >= 0.3 is 0 Å². The van der Waals surface area contributed by atoms with Crippen LogP contribution in [0.5, 0.6) is 0 Å². The molecule has 0 saturated carbocycles. The summed E-state index contributed by atoms with van der Waals surface area (Å²) in [5, 5.41) is 21.8. The van der Waals surface area contributed by atoms with Crippen LogP contribution in [0.4, 0.5) is 0 Å². The van der Waals surface area contributed by atoms with Crippen molar-refractivity contribution in [2.45, 2.75) is 0 Å². The van der Waals surface area contributed by atoms with Crippen molar-refractivity contribution in [3.8, 4) is 22.5 Å². The van der Waals surface area contributed by atoms with Gasteiger partial charge in [-0.05, 0) is 29.3 Å². The maximum Gasteiger partial charge on any atom is 0.289 e. The Labute approximate surface area is 217 Å². The molecule has 0 aliphatic heterocycles. The van der Waals surface area contributed by atoms with E-state index in [2.05, 4.69) is 41.4 Å². The number of aromatic amines is 2. The normalized spacial score (nSPS) is 11.2. The van der Waals surface area contributed by atoms with Crippen LogP contribution in [0.3, 0.4) is 0 Å². The second-order valence-corrected chi connectivity index (χ2v) is 8.13. The van der Waals surface area contributed by atoms with Gasteiger partial charge in [0.05, 0.1) is 23.8 Å². The Morgan fingerprint density at radius 2 is 1.05 bits per heavy atom. The molecule has 0 fully saturated rings. The number of carbonyl (C=O) groups excluding carboxylic acids is 2. The number of nitrogens with one attached hydrogen (secondary N) is 4. The number of carbonyl (C=O) groups is 2. The molecule has 4 N–H and O–H groups in total. The molecule has 2 heterocycles. The minimum absolute atomic E-state index is 0.297. The van der Waals surface area contributed by atoms with Crippen molar-refractivity contribution < 1.29 is 9.59 Å². The summed E-state index contributed by atoms with van der Waals surface area (Å²) >= 11 is 0. The summed E-state index contributed by atoms with van der Waals surface area (Å²) < 4.78 is 0. The molecule has 2 amide bonds. The Kier molecular flexibility index (Phi) is 7.22. The summed E-state index contributed by atoms with van der Waals surface area (Å²) in [5.74, 6) is -0.823. The van der Waals surface area contributed by atoms with Gasteiger partial charge in [-0.15, -0.1) is 0 Å². The minimum Gasteiger partial charge on any atom is -0.272 e. The molecule has 0 saturated heterocycles. The highest BCUT2D eigenvalue weighted by atomic mass is 16.2. The topological polar surface area (TPSA) is 140 Å². The van der Waals surface area contributed by atoms with Crippen LogP contribution < -0.4 is 10.9 Å². The maximum absolute atomic E-state index is 12.4. The lowest BCUT2D eigenvalue weighted by molar-refractivity contribution is 0.0942. The Balaban J connectivity index is 1.15. The first-order chi connectivity index (χ1) is 18.7. The summed E-state index contributed by atoms with van der Waals surface area (Å²) in [6.45, 7) is 0. The standard InChI is InChI=1S/C28H22N8O2/c37-27(25-15-23(31-33-25)21-10-3-1-4-11-21)35-29-17-19-8-7-9-20(14-19)18-30-36-28(38)26-16-24(32-34-26)22-12-5-2-6-13-22/h1-18H,(H,31,33)(H,32,34)(H,35,37)(H,36,38). The third-order valence-electron chi connectivity index (χ3n) is 5.45. The second kappa shape index (κ2) is 11.4. The van der Waals surface area contributed by atoms with Gasteiger partial charge in [-0.2, -0.15) is 20.4 Å². The van der Waals surface area contributed by atoms with E-state index in [1.807, 2.05) is 78.9 Å². The third kappa shape index (κ3) is 5.94. The Morgan fingerprint density at radius 3 is 1.50 bits per heavy atom. The predicted molar refractivity (Wildman–Crippen MR) is 145 cm³/mol. The van der Waals surface area contributed by atoms with Gasteiger partial charge in [0, 0.05) is 11.1 Å². The average molecular weight is 503 g/mol. The van der Waals surface area contributed by atoms with Crippen molar-refractivity contribution in [2.75, 3.05) is 0 Å². The lowest BCUT2D eigenvalue weighted by atomic mass is 10.1. The molecule has 5 aromatic rings. The lowest BCUT2D eigenvalue weighted by Gasteiger charge is -1.99. The molecule has 0 aliphatic rings. The van der Waals surface area contributed by atoms with Crippen LogP contribution in [0.2, 0.25) is 0 Å². The van der Waals surface area contributed by atoms with Crippen LogP contribution in [0.25, 0.3) is 22.5 Å². The van der Waals surface area contributed by atoms with Crippen molar-refractivity contribution in [1.29, 1.82) is 0 Å². The minimum atomic E-state index is -0.411. The smallest absolute Gasteiger partial charge is 0.272 e. The second-order valence-electron chi connectivity index (χ2n) is 8.13. The van der Waals surface area contributed by atoms with Gasteiger partial charge in [0.25, 0.3) is 11.8 Å². The molecule has 2 aromatic heterocycles. The van der Waals surface area contributed by atoms with E-state index in [0.29, 0.717) is 22.8 Å². The number of amides is 2. The molecule has 0 aliphatic carbocycles. The molecule has 5 rings (SSSR count). The van der Waals surface area contributed by atoms with Crippen LogP contribution >= 0.6 is 0 Å². The van der Waals surface area contributed by atoms with Gasteiger partial charge in [0.1, 0.15) is 11.4 Å². The highest BCUT2D eigenvalue weighted by Crippen LogP contribution is 2.17. The molecule has 0 bridgehead atoms. The Morgan fingerprint density at radius 1 is 0.605 bits per heavy atom. The van der Waals surface area contributed by atoms with Crippen LogP contribution in [0.1, 0.15) is 32.1 Å². The van der Waals surface area contributed by atoms with Crippen LogP contribution in [0, 0.1) is 0 Å². The lowest BCUT2D eigenvalue weighted by Crippen LogP contribution is -2.18. The number of hydrogen-bond donors (Lipinski definition) is 4. The molecule has 38 heavy (non-hydrogen) atoms. The highest BCUT2D eigenvalue weighted by molar-refractivity contribution is 5.95. The van der Waals surface area contributed by atoms with E-state index in [1.54, 1.807) is 18.2 Å². The van der Waals surface area contributed by atoms with Gasteiger partial charge in [0.15, 0.2) is 0 Å². The summed E-state index contributed by atoms with van der Waals surface area (Å²) in [5.41, 5.74) is 10.2. The van der Waals surface area contributed by atoms with Crippen molar-refractivity contribution in [1.82, 2.24) is 31.2 Å². The van der Waals surface area contributed by atoms with Crippen LogP contribution in [-0.2, 0) is 0 Å². The highest BCUT2D eigenvalue weighted by Gasteiger charge is 2.11. The molecule has 0 atom stereocenters. The molecule has 10 nitrogen and oxygen atoms in total. The monoisotopic (exact) mass is 502 g/mol. The number of benzene rings is 3. The van der Waals surface area contributed by atoms with E-state index < -0.39 is 11.8 Å². The van der Waals surface area contributed by atoms with Gasteiger partial charge in [-0.1, -0.05) is 78.9 Å². The Hall–Kier alpha value is -5.64. The summed E-state index contributed by atoms with van der Waals surface area (Å²) in [6.07, 6.45) is 3.02. The van der Waals surface area contributed by atoms with Gasteiger partial charge in [0.2, 0.25) is 0 Å². The zero-order valence-electron chi connectivity index (χ0n) is 20.0. The molecule has 0 unspecified atom stereocenters. The SMILES string of the molecule is O=C(NN=Cc1cccc(C=NNC(=O)c2cc(-c3ccccc3)n[nH]2)c1)c1cc(-c2ccccc2)n[nH]1. The fourth-order valence-corrected chi connectivity index (χ4v) is 3.56. The van der Waals surface area contributed by atoms with E-state index in [4.69, 9.17) is 0 Å². The first kappa shape index (κ1) is 24.1. The van der Waals surface area contributed by atoms with E-state index >= 15 is 0 Å². The quantitative estimate of drug-likeness (QED) is 0.188. The molecule has 10 heteroatoms. The molecule has 0 radical (unpaired) electrons. The van der Waals surface area contributed by atoms with Gasteiger partial charge in [-0.3, -0.25) is 19.8 Å². The molecule has 0 spiro atoms. The largest absolute Gasteiger partial charge is 0.289 e. The van der Waals surface area contributed by atoms with Crippen molar-refractivity contribution in [3.63, 3.8) is 0 Å². The summed E-state index contributed by atoms with van der Waals surface area (Å²) in [6, 6.07) is 29.7. The summed E-state index contributed by atoms with van der Waals surface area (Å²) in [7, 11) is 0. The van der Waals surface area contributed by atoms with E-state index in [9.17, 15) is 9.59 Å². The molecular formula is C28H22N8O2. The van der Waals surface area contributed by atoms with Crippen molar-refractivity contribution in [2.24, 2.45) is 10.2 Å². The van der Waals surface area contributed by atoms with Gasteiger partial charge < -0.3 is 0 Å². The number of H-pyrrole nitrogens is 2. The third-order valence-corrected chi connectivity index (χ3v) is 5.45. The van der Waals surface area contributed by atoms with E-state index in [-0.39, 0.29) is 0 Å². The fraction of sp³-hybridized carbons (Fsp3) is 0. The number of aromatic nitrogens is 4. The Bertz CT molecular complexity index is 1490. The fourth-order valence-electron chi connectivity index (χ4n) is 3.56. The average Bonchev–Trinajstić information content (AvgIpc) is 3.65. The number of hydrogen-bond acceptors (Lipinski definition) is 6. The number of rotatable bonds is 8. The van der Waals surface area contributed by atoms with E-state index in [1.165, 1.54) is 12.4 Å². The number of hydrazone groups is 2. The predicted octanol–water partition coefficient (Wildman–Crippen LogP) is 3.99. The summed E-state index contributed by atoms with van der Waals surface area (Å²) in [4.78, 5) is 24.8. The van der Waals surface area contributed by atoms with Crippen molar-refractivity contribution >= 4 is 24.2 Å². The van der Waals surface area contributed by atoms with E-state index in [0.717, 1.165) is 22.3 Å².